The number of aromatic carboxylic acids is 1. The number of nitrogens with one attached hydrogen (secondary N) is 1. The molecule has 1 heterocycles. The van der Waals surface area contributed by atoms with Gasteiger partial charge < -0.3 is 10.4 Å². The number of para-hydroxylation sites is 1. The van der Waals surface area contributed by atoms with Gasteiger partial charge in [-0.15, -0.1) is 11.3 Å². The van der Waals surface area contributed by atoms with Crippen LogP contribution in [-0.2, 0) is 6.54 Å². The van der Waals surface area contributed by atoms with Crippen LogP contribution in [0.15, 0.2) is 40.2 Å². The fraction of sp³-hybridized carbons (Fsp3) is 0.0833. The van der Waals surface area contributed by atoms with Crippen LogP contribution in [0.5, 0.6) is 0 Å². The highest BCUT2D eigenvalue weighted by Gasteiger charge is 2.08. The first-order valence-corrected chi connectivity index (χ1v) is 6.63. The molecule has 1 aromatic heterocycles. The van der Waals surface area contributed by atoms with Crippen molar-refractivity contribution in [2.24, 2.45) is 0 Å². The first kappa shape index (κ1) is 12.1. The van der Waals surface area contributed by atoms with Gasteiger partial charge in [0.2, 0.25) is 0 Å². The minimum absolute atomic E-state index is 0.295. The number of hydrogen-bond donors (Lipinski definition) is 2. The number of carbonyl (C=O) groups is 1. The second-order valence-corrected chi connectivity index (χ2v) is 5.35. The molecule has 3 nitrogen and oxygen atoms in total. The number of thiophene rings is 1. The Balaban J connectivity index is 2.11. The second-order valence-electron chi connectivity index (χ2n) is 3.44. The van der Waals surface area contributed by atoms with Crippen molar-refractivity contribution < 1.29 is 9.90 Å². The van der Waals surface area contributed by atoms with E-state index in [1.54, 1.807) is 29.5 Å². The quantitative estimate of drug-likeness (QED) is 0.902. The molecule has 1 aromatic carbocycles. The van der Waals surface area contributed by atoms with E-state index in [1.807, 2.05) is 17.5 Å². The average Bonchev–Trinajstić information content (AvgIpc) is 2.73. The Labute approximate surface area is 111 Å². The molecule has 0 aliphatic rings. The van der Waals surface area contributed by atoms with Crippen molar-refractivity contribution in [1.82, 2.24) is 0 Å². The molecule has 0 atom stereocenters. The number of carboxylic acid groups (broad SMARTS) is 1. The van der Waals surface area contributed by atoms with E-state index in [0.717, 1.165) is 9.35 Å². The van der Waals surface area contributed by atoms with Gasteiger partial charge in [0.15, 0.2) is 0 Å². The van der Waals surface area contributed by atoms with E-state index in [4.69, 9.17) is 5.11 Å². The van der Waals surface area contributed by atoms with Crippen molar-refractivity contribution in [1.29, 1.82) is 0 Å². The summed E-state index contributed by atoms with van der Waals surface area (Å²) in [6.45, 7) is 0.626. The molecule has 2 N–H and O–H groups in total. The highest BCUT2D eigenvalue weighted by Crippen LogP contribution is 2.22. The van der Waals surface area contributed by atoms with E-state index < -0.39 is 5.97 Å². The van der Waals surface area contributed by atoms with Gasteiger partial charge in [0.1, 0.15) is 0 Å². The van der Waals surface area contributed by atoms with Gasteiger partial charge in [0, 0.05) is 27.0 Å². The van der Waals surface area contributed by atoms with Crippen LogP contribution in [-0.4, -0.2) is 11.1 Å². The van der Waals surface area contributed by atoms with E-state index >= 15 is 0 Å². The molecule has 0 fully saturated rings. The maximum atomic E-state index is 11.0. The maximum absolute atomic E-state index is 11.0. The molecule has 0 saturated carbocycles. The first-order chi connectivity index (χ1) is 8.16. The topological polar surface area (TPSA) is 49.3 Å². The van der Waals surface area contributed by atoms with Crippen molar-refractivity contribution in [3.63, 3.8) is 0 Å². The Bertz CT molecular complexity index is 539. The SMILES string of the molecule is O=C(O)c1ccccc1NCc1cc(Br)cs1. The van der Waals surface area contributed by atoms with Crippen LogP contribution < -0.4 is 5.32 Å². The summed E-state index contributed by atoms with van der Waals surface area (Å²) < 4.78 is 1.05. The van der Waals surface area contributed by atoms with Crippen molar-refractivity contribution in [2.45, 2.75) is 6.54 Å². The van der Waals surface area contributed by atoms with E-state index in [0.29, 0.717) is 17.8 Å². The van der Waals surface area contributed by atoms with E-state index in [9.17, 15) is 4.79 Å². The summed E-state index contributed by atoms with van der Waals surface area (Å²) in [5.41, 5.74) is 0.938. The van der Waals surface area contributed by atoms with Gasteiger partial charge in [-0.3, -0.25) is 0 Å². The smallest absolute Gasteiger partial charge is 0.337 e. The average molecular weight is 312 g/mol. The van der Waals surface area contributed by atoms with Crippen LogP contribution in [0.4, 0.5) is 5.69 Å². The Hall–Kier alpha value is -1.33. The Kier molecular flexibility index (Phi) is 3.81. The molecule has 2 aromatic rings. The fourth-order valence-corrected chi connectivity index (χ4v) is 2.84. The summed E-state index contributed by atoms with van der Waals surface area (Å²) in [5, 5.41) is 14.2. The lowest BCUT2D eigenvalue weighted by atomic mass is 10.2. The van der Waals surface area contributed by atoms with Crippen molar-refractivity contribution in [3.05, 3.63) is 50.6 Å². The lowest BCUT2D eigenvalue weighted by molar-refractivity contribution is 0.0698. The third kappa shape index (κ3) is 3.08. The zero-order valence-electron chi connectivity index (χ0n) is 8.81. The van der Waals surface area contributed by atoms with Gasteiger partial charge in [-0.2, -0.15) is 0 Å². The van der Waals surface area contributed by atoms with E-state index in [-0.39, 0.29) is 0 Å². The molecule has 0 radical (unpaired) electrons. The number of hydrogen-bond acceptors (Lipinski definition) is 3. The normalized spacial score (nSPS) is 10.2. The maximum Gasteiger partial charge on any atom is 0.337 e. The molecular formula is C12H10BrNO2S. The zero-order chi connectivity index (χ0) is 12.3. The van der Waals surface area contributed by atoms with Gasteiger partial charge in [-0.25, -0.2) is 4.79 Å². The molecule has 0 aliphatic carbocycles. The summed E-state index contributed by atoms with van der Waals surface area (Å²) in [7, 11) is 0. The predicted molar refractivity (Wildman–Crippen MR) is 72.7 cm³/mol. The van der Waals surface area contributed by atoms with Crippen molar-refractivity contribution >= 4 is 38.9 Å². The molecule has 2 rings (SSSR count). The van der Waals surface area contributed by atoms with Gasteiger partial charge in [0.05, 0.1) is 5.56 Å². The van der Waals surface area contributed by atoms with Gasteiger partial charge in [-0.05, 0) is 34.1 Å². The minimum atomic E-state index is -0.916. The summed E-state index contributed by atoms with van der Waals surface area (Å²) >= 11 is 5.01. The number of carboxylic acids is 1. The number of benzene rings is 1. The lowest BCUT2D eigenvalue weighted by Crippen LogP contribution is -2.05. The van der Waals surface area contributed by atoms with Crippen LogP contribution in [0.1, 0.15) is 15.2 Å². The molecule has 0 unspecified atom stereocenters. The van der Waals surface area contributed by atoms with Gasteiger partial charge in [-0.1, -0.05) is 12.1 Å². The number of halogens is 1. The third-order valence-electron chi connectivity index (χ3n) is 2.23. The van der Waals surface area contributed by atoms with E-state index in [1.165, 1.54) is 0 Å². The predicted octanol–water partition coefficient (Wildman–Crippen LogP) is 3.82. The molecule has 0 aliphatic heterocycles. The highest BCUT2D eigenvalue weighted by atomic mass is 79.9. The molecule has 0 amide bonds. The highest BCUT2D eigenvalue weighted by molar-refractivity contribution is 9.10. The molecule has 0 saturated heterocycles. The lowest BCUT2D eigenvalue weighted by Gasteiger charge is -2.07. The van der Waals surface area contributed by atoms with Crippen LogP contribution >= 0.6 is 27.3 Å². The van der Waals surface area contributed by atoms with Crippen molar-refractivity contribution in [2.75, 3.05) is 5.32 Å². The second kappa shape index (κ2) is 5.33. The van der Waals surface area contributed by atoms with Crippen molar-refractivity contribution in [3.8, 4) is 0 Å². The van der Waals surface area contributed by atoms with Gasteiger partial charge >= 0.3 is 5.97 Å². The van der Waals surface area contributed by atoms with Crippen LogP contribution in [0, 0.1) is 0 Å². The standard InChI is InChI=1S/C12H10BrNO2S/c13-8-5-9(17-7-8)6-14-11-4-2-1-3-10(11)12(15)16/h1-5,7,14H,6H2,(H,15,16). The molecule has 0 bridgehead atoms. The number of anilines is 1. The third-order valence-corrected chi connectivity index (χ3v) is 3.93. The summed E-state index contributed by atoms with van der Waals surface area (Å²) in [4.78, 5) is 12.1. The Morgan fingerprint density at radius 2 is 2.18 bits per heavy atom. The minimum Gasteiger partial charge on any atom is -0.478 e. The largest absolute Gasteiger partial charge is 0.478 e. The zero-order valence-corrected chi connectivity index (χ0v) is 11.2. The van der Waals surface area contributed by atoms with Gasteiger partial charge in [0.25, 0.3) is 0 Å². The molecule has 17 heavy (non-hydrogen) atoms. The monoisotopic (exact) mass is 311 g/mol. The number of rotatable bonds is 4. The molecule has 88 valence electrons. The first-order valence-electron chi connectivity index (χ1n) is 4.96. The Morgan fingerprint density at radius 1 is 1.41 bits per heavy atom. The molecule has 5 heteroatoms. The van der Waals surface area contributed by atoms with Crippen LogP contribution in [0.2, 0.25) is 0 Å². The van der Waals surface area contributed by atoms with Crippen LogP contribution in [0.3, 0.4) is 0 Å². The Morgan fingerprint density at radius 3 is 2.82 bits per heavy atom. The summed E-state index contributed by atoms with van der Waals surface area (Å²) in [6, 6.07) is 8.91. The van der Waals surface area contributed by atoms with E-state index in [2.05, 4.69) is 21.2 Å². The summed E-state index contributed by atoms with van der Waals surface area (Å²) in [6.07, 6.45) is 0. The summed E-state index contributed by atoms with van der Waals surface area (Å²) in [5.74, 6) is -0.916. The van der Waals surface area contributed by atoms with Crippen LogP contribution in [0.25, 0.3) is 0 Å². The molecule has 0 spiro atoms. The fourth-order valence-electron chi connectivity index (χ4n) is 1.45. The molecular weight excluding hydrogens is 302 g/mol.